The molecule has 132 valence electrons. The van der Waals surface area contributed by atoms with Gasteiger partial charge in [0.05, 0.1) is 7.11 Å². The lowest BCUT2D eigenvalue weighted by Gasteiger charge is -2.45. The van der Waals surface area contributed by atoms with Gasteiger partial charge in [-0.05, 0) is 48.3 Å². The second-order valence-electron chi connectivity index (χ2n) is 8.57. The number of Topliss-reactive ketones (excluding diaryl/α,β-unsaturated/α-hetero) is 1. The summed E-state index contributed by atoms with van der Waals surface area (Å²) in [4.78, 5) is 24.4. The molecular formula is C20H34O3. The third-order valence-corrected chi connectivity index (χ3v) is 6.73. The van der Waals surface area contributed by atoms with Gasteiger partial charge in [-0.1, -0.05) is 47.0 Å². The van der Waals surface area contributed by atoms with Gasteiger partial charge < -0.3 is 4.74 Å². The largest absolute Gasteiger partial charge is 0.468 e. The van der Waals surface area contributed by atoms with Crippen LogP contribution in [0.2, 0.25) is 0 Å². The maximum absolute atomic E-state index is 12.3. The van der Waals surface area contributed by atoms with Crippen LogP contribution in [-0.2, 0) is 14.3 Å². The van der Waals surface area contributed by atoms with E-state index in [1.54, 1.807) is 0 Å². The summed E-state index contributed by atoms with van der Waals surface area (Å²) >= 11 is 0. The second-order valence-corrected chi connectivity index (χ2v) is 8.57. The minimum atomic E-state index is -0.508. The van der Waals surface area contributed by atoms with Crippen LogP contribution in [0.5, 0.6) is 0 Å². The van der Waals surface area contributed by atoms with E-state index in [1.165, 1.54) is 26.4 Å². The Morgan fingerprint density at radius 3 is 2.57 bits per heavy atom. The molecule has 0 unspecified atom stereocenters. The van der Waals surface area contributed by atoms with Crippen LogP contribution in [0.1, 0.15) is 72.6 Å². The number of ether oxygens (including phenoxy) is 1. The van der Waals surface area contributed by atoms with Crippen LogP contribution in [0.4, 0.5) is 0 Å². The smallest absolute Gasteiger partial charge is 0.316 e. The first-order valence-corrected chi connectivity index (χ1v) is 9.41. The Hall–Kier alpha value is -0.860. The Balaban J connectivity index is 2.08. The van der Waals surface area contributed by atoms with Gasteiger partial charge in [-0.2, -0.15) is 0 Å². The Morgan fingerprint density at radius 1 is 1.26 bits per heavy atom. The van der Waals surface area contributed by atoms with Crippen LogP contribution in [0.25, 0.3) is 0 Å². The van der Waals surface area contributed by atoms with E-state index in [0.717, 1.165) is 25.2 Å². The number of ketones is 1. The van der Waals surface area contributed by atoms with Crippen LogP contribution in [0.15, 0.2) is 0 Å². The highest BCUT2D eigenvalue weighted by molar-refractivity contribution is 6.00. The summed E-state index contributed by atoms with van der Waals surface area (Å²) in [6, 6.07) is 0. The number of rotatable bonds is 6. The number of hydrogen-bond acceptors (Lipinski definition) is 3. The van der Waals surface area contributed by atoms with E-state index in [9.17, 15) is 9.59 Å². The van der Waals surface area contributed by atoms with E-state index in [-0.39, 0.29) is 23.1 Å². The van der Waals surface area contributed by atoms with Gasteiger partial charge in [0.25, 0.3) is 0 Å². The Bertz CT molecular complexity index is 434. The van der Waals surface area contributed by atoms with Crippen molar-refractivity contribution in [2.75, 3.05) is 7.11 Å². The molecule has 0 aliphatic heterocycles. The second kappa shape index (κ2) is 7.36. The fraction of sp³-hybridized carbons (Fsp3) is 0.900. The first-order valence-electron chi connectivity index (χ1n) is 9.41. The van der Waals surface area contributed by atoms with Crippen LogP contribution in [0, 0.1) is 35.0 Å². The fourth-order valence-electron chi connectivity index (χ4n) is 5.39. The predicted octanol–water partition coefficient (Wildman–Crippen LogP) is 4.63. The van der Waals surface area contributed by atoms with E-state index < -0.39 is 5.92 Å². The fourth-order valence-corrected chi connectivity index (χ4v) is 5.39. The average Bonchev–Trinajstić information content (AvgIpc) is 2.84. The third-order valence-electron chi connectivity index (χ3n) is 6.73. The molecule has 2 rings (SSSR count). The van der Waals surface area contributed by atoms with E-state index in [4.69, 9.17) is 4.74 Å². The molecule has 0 radical (unpaired) electrons. The molecule has 2 fully saturated rings. The lowest BCUT2D eigenvalue weighted by atomic mass is 9.58. The van der Waals surface area contributed by atoms with Gasteiger partial charge in [-0.3, -0.25) is 9.59 Å². The minimum absolute atomic E-state index is 0.104. The Morgan fingerprint density at radius 2 is 1.96 bits per heavy atom. The molecule has 2 aliphatic carbocycles. The molecule has 0 heterocycles. The van der Waals surface area contributed by atoms with Crippen molar-refractivity contribution in [2.45, 2.75) is 72.6 Å². The maximum atomic E-state index is 12.3. The highest BCUT2D eigenvalue weighted by atomic mass is 16.5. The van der Waals surface area contributed by atoms with Crippen molar-refractivity contribution in [1.82, 2.24) is 0 Å². The molecule has 3 nitrogen and oxygen atoms in total. The Kier molecular flexibility index (Phi) is 5.91. The predicted molar refractivity (Wildman–Crippen MR) is 91.9 cm³/mol. The van der Waals surface area contributed by atoms with Crippen LogP contribution in [0.3, 0.4) is 0 Å². The van der Waals surface area contributed by atoms with Gasteiger partial charge in [0, 0.05) is 6.42 Å². The number of methoxy groups -OCH3 is 1. The van der Waals surface area contributed by atoms with Crippen LogP contribution in [-0.4, -0.2) is 18.9 Å². The molecule has 0 aromatic heterocycles. The summed E-state index contributed by atoms with van der Waals surface area (Å²) in [6.45, 7) is 9.27. The highest BCUT2D eigenvalue weighted by Crippen LogP contribution is 2.59. The minimum Gasteiger partial charge on any atom is -0.468 e. The lowest BCUT2D eigenvalue weighted by Crippen LogP contribution is -2.46. The molecule has 0 aromatic rings. The molecule has 0 bridgehead atoms. The van der Waals surface area contributed by atoms with E-state index >= 15 is 0 Å². The van der Waals surface area contributed by atoms with Gasteiger partial charge in [-0.25, -0.2) is 0 Å². The van der Waals surface area contributed by atoms with Gasteiger partial charge in [0.1, 0.15) is 11.7 Å². The SMILES string of the molecule is COC(=O)[C@H]1C(=O)CC[C@]2(C)[C@@H]1CC[C@H]2[C@@H](C)CCCC(C)C. The number of esters is 1. The molecule has 5 atom stereocenters. The molecule has 0 N–H and O–H groups in total. The van der Waals surface area contributed by atoms with Crippen LogP contribution < -0.4 is 0 Å². The lowest BCUT2D eigenvalue weighted by molar-refractivity contribution is -0.157. The molecule has 0 saturated heterocycles. The average molecular weight is 322 g/mol. The molecule has 0 amide bonds. The standard InChI is InChI=1S/C20H34O3/c1-13(2)7-6-8-14(3)15-9-10-16-18(19(22)23-5)17(21)11-12-20(15,16)4/h13-16,18H,6-12H2,1-5H3/t14-,15-,16+,18+,20-/m0/s1. The summed E-state index contributed by atoms with van der Waals surface area (Å²) in [7, 11) is 1.41. The maximum Gasteiger partial charge on any atom is 0.316 e. The molecule has 2 aliphatic rings. The number of fused-ring (bicyclic) bond motifs is 1. The van der Waals surface area contributed by atoms with Crippen molar-refractivity contribution in [3.8, 4) is 0 Å². The number of carbonyl (C=O) groups excluding carboxylic acids is 2. The zero-order valence-electron chi connectivity index (χ0n) is 15.6. The summed E-state index contributed by atoms with van der Waals surface area (Å²) < 4.78 is 4.94. The molecule has 3 heteroatoms. The summed E-state index contributed by atoms with van der Waals surface area (Å²) in [6.07, 6.45) is 7.50. The van der Waals surface area contributed by atoms with Crippen LogP contribution >= 0.6 is 0 Å². The zero-order chi connectivity index (χ0) is 17.2. The van der Waals surface area contributed by atoms with Gasteiger partial charge in [-0.15, -0.1) is 0 Å². The normalized spacial score (nSPS) is 35.2. The van der Waals surface area contributed by atoms with Crippen molar-refractivity contribution in [3.63, 3.8) is 0 Å². The quantitative estimate of drug-likeness (QED) is 0.529. The van der Waals surface area contributed by atoms with E-state index in [2.05, 4.69) is 27.7 Å². The topological polar surface area (TPSA) is 43.4 Å². The van der Waals surface area contributed by atoms with E-state index in [1.807, 2.05) is 0 Å². The zero-order valence-corrected chi connectivity index (χ0v) is 15.6. The molecule has 23 heavy (non-hydrogen) atoms. The van der Waals surface area contributed by atoms with Gasteiger partial charge in [0.15, 0.2) is 0 Å². The summed E-state index contributed by atoms with van der Waals surface area (Å²) in [5, 5.41) is 0. The molecule has 0 aromatic carbocycles. The summed E-state index contributed by atoms with van der Waals surface area (Å²) in [5.41, 5.74) is 0.129. The van der Waals surface area contributed by atoms with Crippen molar-refractivity contribution >= 4 is 11.8 Å². The number of hydrogen-bond donors (Lipinski definition) is 0. The monoisotopic (exact) mass is 322 g/mol. The third kappa shape index (κ3) is 3.64. The van der Waals surface area contributed by atoms with Crippen molar-refractivity contribution in [2.24, 2.45) is 35.0 Å². The van der Waals surface area contributed by atoms with Gasteiger partial charge >= 0.3 is 5.97 Å². The molecule has 2 saturated carbocycles. The molecular weight excluding hydrogens is 288 g/mol. The first-order chi connectivity index (χ1) is 10.8. The molecule has 0 spiro atoms. The van der Waals surface area contributed by atoms with Gasteiger partial charge in [0.2, 0.25) is 0 Å². The number of carbonyl (C=O) groups is 2. The van der Waals surface area contributed by atoms with E-state index in [0.29, 0.717) is 18.3 Å². The van der Waals surface area contributed by atoms with Crippen molar-refractivity contribution in [3.05, 3.63) is 0 Å². The van der Waals surface area contributed by atoms with Crippen molar-refractivity contribution in [1.29, 1.82) is 0 Å². The first kappa shape index (κ1) is 18.5. The Labute approximate surface area is 141 Å². The summed E-state index contributed by atoms with van der Waals surface area (Å²) in [5.74, 6) is 1.56. The highest BCUT2D eigenvalue weighted by Gasteiger charge is 2.56. The van der Waals surface area contributed by atoms with Crippen molar-refractivity contribution < 1.29 is 14.3 Å².